The molecule has 2 atom stereocenters. The van der Waals surface area contributed by atoms with Crippen molar-refractivity contribution < 1.29 is 23.9 Å². The lowest BCUT2D eigenvalue weighted by Gasteiger charge is -2.21. The van der Waals surface area contributed by atoms with Crippen molar-refractivity contribution in [3.8, 4) is 5.75 Å². The smallest absolute Gasteiger partial charge is 0.360 e. The van der Waals surface area contributed by atoms with Crippen molar-refractivity contribution in [1.82, 2.24) is 10.6 Å². The lowest BCUT2D eigenvalue weighted by Crippen LogP contribution is -2.52. The molecule has 2 rings (SSSR count). The van der Waals surface area contributed by atoms with E-state index in [2.05, 4.69) is 25.9 Å². The molecule has 192 valence electrons. The highest BCUT2D eigenvalue weighted by atomic mass is 16.5. The van der Waals surface area contributed by atoms with Crippen molar-refractivity contribution in [3.63, 3.8) is 0 Å². The molecular weight excluding hydrogens is 466 g/mol. The van der Waals surface area contributed by atoms with Crippen LogP contribution in [0.1, 0.15) is 18.4 Å². The quantitative estimate of drug-likeness (QED) is 0.113. The van der Waals surface area contributed by atoms with Gasteiger partial charge in [0.25, 0.3) is 0 Å². The summed E-state index contributed by atoms with van der Waals surface area (Å²) in [5.74, 6) is -0.638. The van der Waals surface area contributed by atoms with Gasteiger partial charge >= 0.3 is 12.0 Å². The summed E-state index contributed by atoms with van der Waals surface area (Å²) < 4.78 is 9.89. The van der Waals surface area contributed by atoms with Gasteiger partial charge in [-0.2, -0.15) is 0 Å². The number of esters is 1. The van der Waals surface area contributed by atoms with E-state index >= 15 is 0 Å². The summed E-state index contributed by atoms with van der Waals surface area (Å²) >= 11 is 0. The number of methoxy groups -OCH3 is 2. The van der Waals surface area contributed by atoms with Gasteiger partial charge in [0.05, 0.1) is 19.9 Å². The Kier molecular flexibility index (Phi) is 11.3. The third-order valence-corrected chi connectivity index (χ3v) is 4.97. The molecule has 0 saturated carbocycles. The third kappa shape index (κ3) is 9.79. The Hall–Kier alpha value is -4.48. The predicted octanol–water partition coefficient (Wildman–Crippen LogP) is 1.81. The van der Waals surface area contributed by atoms with Gasteiger partial charge in [0.15, 0.2) is 5.96 Å². The molecule has 12 nitrogen and oxygen atoms in total. The molecule has 0 heterocycles. The molecule has 3 amide bonds. The molecule has 36 heavy (non-hydrogen) atoms. The van der Waals surface area contributed by atoms with Crippen LogP contribution in [0, 0.1) is 0 Å². The van der Waals surface area contributed by atoms with Gasteiger partial charge in [-0.05, 0) is 42.7 Å². The maximum atomic E-state index is 13.1. The van der Waals surface area contributed by atoms with Gasteiger partial charge in [-0.1, -0.05) is 35.4 Å². The van der Waals surface area contributed by atoms with Crippen molar-refractivity contribution in [1.29, 1.82) is 0 Å². The zero-order valence-corrected chi connectivity index (χ0v) is 20.2. The molecule has 6 N–H and O–H groups in total. The first-order valence-electron chi connectivity index (χ1n) is 11.2. The van der Waals surface area contributed by atoms with E-state index in [-0.39, 0.29) is 25.3 Å². The van der Waals surface area contributed by atoms with Crippen molar-refractivity contribution in [2.45, 2.75) is 31.3 Å². The van der Waals surface area contributed by atoms with E-state index in [0.717, 1.165) is 5.56 Å². The Morgan fingerprint density at radius 3 is 2.25 bits per heavy atom. The first-order valence-corrected chi connectivity index (χ1v) is 11.2. The Morgan fingerprint density at radius 1 is 0.944 bits per heavy atom. The molecule has 0 spiro atoms. The van der Waals surface area contributed by atoms with Crippen LogP contribution in [0.15, 0.2) is 69.8 Å². The largest absolute Gasteiger partial charge is 0.497 e. The van der Waals surface area contributed by atoms with E-state index in [1.54, 1.807) is 24.3 Å². The van der Waals surface area contributed by atoms with Crippen LogP contribution in [-0.2, 0) is 20.7 Å². The van der Waals surface area contributed by atoms with E-state index in [1.807, 2.05) is 30.3 Å². The fourth-order valence-electron chi connectivity index (χ4n) is 3.16. The number of nitrogens with two attached hydrogens (primary N) is 2. The van der Waals surface area contributed by atoms with Gasteiger partial charge in [0.1, 0.15) is 17.8 Å². The van der Waals surface area contributed by atoms with Gasteiger partial charge in [-0.25, -0.2) is 9.59 Å². The Balaban J connectivity index is 2.12. The summed E-state index contributed by atoms with van der Waals surface area (Å²) in [6.07, 6.45) is 0.820. The molecule has 0 fully saturated rings. The minimum absolute atomic E-state index is 0.0666. The maximum Gasteiger partial charge on any atom is 0.360 e. The van der Waals surface area contributed by atoms with Crippen LogP contribution < -0.4 is 26.8 Å². The first kappa shape index (κ1) is 27.8. The molecule has 0 aromatic heterocycles. The molecule has 2 aromatic rings. The van der Waals surface area contributed by atoms with Crippen LogP contribution in [0.25, 0.3) is 0 Å². The van der Waals surface area contributed by atoms with E-state index in [0.29, 0.717) is 17.9 Å². The summed E-state index contributed by atoms with van der Waals surface area (Å²) in [4.78, 5) is 41.7. The number of carbonyl (C=O) groups is 3. The second kappa shape index (κ2) is 14.7. The summed E-state index contributed by atoms with van der Waals surface area (Å²) in [6.45, 7) is 0.279. The van der Waals surface area contributed by atoms with Gasteiger partial charge in [0.2, 0.25) is 5.91 Å². The number of carbonyl (C=O) groups excluding carboxylic acids is 3. The molecule has 2 unspecified atom stereocenters. The second-order valence-corrected chi connectivity index (χ2v) is 7.62. The number of nitrogens with zero attached hydrogens (tertiary/aromatic N) is 3. The minimum atomic E-state index is -1.03. The maximum absolute atomic E-state index is 13.1. The van der Waals surface area contributed by atoms with Crippen LogP contribution in [0.3, 0.4) is 0 Å². The van der Waals surface area contributed by atoms with E-state index < -0.39 is 30.0 Å². The van der Waals surface area contributed by atoms with Crippen LogP contribution in [0.4, 0.5) is 10.5 Å². The number of hydrogen-bond acceptors (Lipinski definition) is 7. The van der Waals surface area contributed by atoms with E-state index in [9.17, 15) is 14.4 Å². The van der Waals surface area contributed by atoms with Crippen LogP contribution >= 0.6 is 0 Å². The molecule has 0 radical (unpaired) electrons. The highest BCUT2D eigenvalue weighted by Gasteiger charge is 2.27. The fourth-order valence-corrected chi connectivity index (χ4v) is 3.16. The van der Waals surface area contributed by atoms with Gasteiger partial charge in [-0.3, -0.25) is 9.79 Å². The average Bonchev–Trinajstić information content (AvgIpc) is 2.89. The lowest BCUT2D eigenvalue weighted by molar-refractivity contribution is -0.145. The highest BCUT2D eigenvalue weighted by molar-refractivity contribution is 5.90. The molecular formula is C24H31N7O5. The fraction of sp³-hybridized carbons (Fsp3) is 0.333. The Morgan fingerprint density at radius 2 is 1.64 bits per heavy atom. The standard InChI is InChI=1S/C24H31N7O5/c1-35-18-12-10-17(11-13-18)30-31-24(34)29-20(15-16-7-4-3-5-8-16)21(32)28-19(22(33)36-2)9-6-14-27-23(25)26/h3-5,7-8,10-13,19-20H,6,9,14-15H2,1-2H3,(H,28,32)(H,29,34)(H4,25,26,27). The van der Waals surface area contributed by atoms with Crippen molar-refractivity contribution >= 4 is 29.6 Å². The molecule has 0 aliphatic carbocycles. The van der Waals surface area contributed by atoms with Crippen molar-refractivity contribution in [2.24, 2.45) is 26.7 Å². The van der Waals surface area contributed by atoms with Crippen LogP contribution in [0.5, 0.6) is 5.75 Å². The number of azo groups is 1. The predicted molar refractivity (Wildman–Crippen MR) is 134 cm³/mol. The Labute approximate surface area is 209 Å². The summed E-state index contributed by atoms with van der Waals surface area (Å²) in [6, 6.07) is 12.9. The monoisotopic (exact) mass is 497 g/mol. The number of hydrogen-bond donors (Lipinski definition) is 4. The average molecular weight is 498 g/mol. The van der Waals surface area contributed by atoms with Crippen LogP contribution in [0.2, 0.25) is 0 Å². The van der Waals surface area contributed by atoms with E-state index in [4.69, 9.17) is 20.9 Å². The SMILES string of the molecule is COC(=O)C(CCCN=C(N)N)NC(=O)C(Cc1ccccc1)NC(=O)N=Nc1ccc(OC)cc1. The number of ether oxygens (including phenoxy) is 2. The highest BCUT2D eigenvalue weighted by Crippen LogP contribution is 2.18. The third-order valence-electron chi connectivity index (χ3n) is 4.97. The number of guanidine groups is 1. The number of aliphatic imine (C=N–C) groups is 1. The molecule has 0 saturated heterocycles. The summed E-state index contributed by atoms with van der Waals surface area (Å²) in [5.41, 5.74) is 11.9. The Bertz CT molecular complexity index is 1050. The molecule has 12 heteroatoms. The topological polar surface area (TPSA) is 183 Å². The van der Waals surface area contributed by atoms with E-state index in [1.165, 1.54) is 14.2 Å². The van der Waals surface area contributed by atoms with Crippen molar-refractivity contribution in [2.75, 3.05) is 20.8 Å². The van der Waals surface area contributed by atoms with Gasteiger partial charge in [0, 0.05) is 13.0 Å². The normalized spacial score (nSPS) is 12.3. The first-order chi connectivity index (χ1) is 17.3. The number of nitrogens with one attached hydrogen (secondary N) is 2. The van der Waals surface area contributed by atoms with Crippen LogP contribution in [-0.4, -0.2) is 56.7 Å². The van der Waals surface area contributed by atoms with Crippen molar-refractivity contribution in [3.05, 3.63) is 60.2 Å². The lowest BCUT2D eigenvalue weighted by atomic mass is 10.0. The number of urea groups is 1. The zero-order valence-electron chi connectivity index (χ0n) is 20.2. The number of rotatable bonds is 12. The van der Waals surface area contributed by atoms with Gasteiger partial charge in [-0.15, -0.1) is 5.11 Å². The summed E-state index contributed by atoms with van der Waals surface area (Å²) in [7, 11) is 2.76. The van der Waals surface area contributed by atoms with Gasteiger partial charge < -0.3 is 31.6 Å². The minimum Gasteiger partial charge on any atom is -0.497 e. The number of benzene rings is 2. The summed E-state index contributed by atoms with van der Waals surface area (Å²) in [5, 5.41) is 12.7. The second-order valence-electron chi connectivity index (χ2n) is 7.62. The molecule has 0 aliphatic rings. The molecule has 0 aliphatic heterocycles. The molecule has 2 aromatic carbocycles. The number of amides is 3. The molecule has 0 bridgehead atoms. The zero-order chi connectivity index (χ0) is 26.3.